The fourth-order valence-electron chi connectivity index (χ4n) is 6.37. The summed E-state index contributed by atoms with van der Waals surface area (Å²) in [5.74, 6) is -0.864. The Balaban J connectivity index is 1.10. The van der Waals surface area contributed by atoms with Gasteiger partial charge in [-0.2, -0.15) is 0 Å². The third-order valence-electron chi connectivity index (χ3n) is 9.13. The van der Waals surface area contributed by atoms with Crippen molar-refractivity contribution in [3.63, 3.8) is 0 Å². The number of nitrogens with zero attached hydrogens (tertiary/aromatic N) is 4. The Kier molecular flexibility index (Phi) is 7.37. The normalized spacial score (nSPS) is 19.8. The van der Waals surface area contributed by atoms with Crippen LogP contribution in [0, 0.1) is 11.2 Å². The van der Waals surface area contributed by atoms with Crippen LogP contribution < -0.4 is 4.74 Å². The lowest BCUT2D eigenvalue weighted by atomic mass is 9.86. The van der Waals surface area contributed by atoms with E-state index in [1.165, 1.54) is 24.3 Å². The monoisotopic (exact) mass is 622 g/mol. The number of pyridine rings is 1. The van der Waals surface area contributed by atoms with Crippen molar-refractivity contribution in [1.29, 1.82) is 0 Å². The molecule has 1 saturated heterocycles. The second kappa shape index (κ2) is 11.2. The number of carboxylic acids is 1. The van der Waals surface area contributed by atoms with Crippen LogP contribution in [0.3, 0.4) is 0 Å². The number of hydrogen-bond acceptors (Lipinski definition) is 5. The van der Waals surface area contributed by atoms with Crippen LogP contribution in [-0.4, -0.2) is 50.3 Å². The first-order valence-electron chi connectivity index (χ1n) is 14.7. The number of aromatic carboxylic acids is 1. The molecule has 2 aliphatic heterocycles. The molecule has 0 amide bonds. The van der Waals surface area contributed by atoms with Crippen molar-refractivity contribution in [2.24, 2.45) is 5.41 Å². The summed E-state index contributed by atoms with van der Waals surface area (Å²) in [5.41, 5.74) is 2.00. The highest BCUT2D eigenvalue weighted by Crippen LogP contribution is 2.48. The summed E-state index contributed by atoms with van der Waals surface area (Å²) in [6, 6.07) is 12.8. The van der Waals surface area contributed by atoms with Gasteiger partial charge in [0.05, 0.1) is 18.8 Å². The predicted octanol–water partition coefficient (Wildman–Crippen LogP) is 7.50. The molecule has 1 atom stereocenters. The van der Waals surface area contributed by atoms with Gasteiger partial charge in [-0.05, 0) is 86.7 Å². The van der Waals surface area contributed by atoms with Gasteiger partial charge in [-0.15, -0.1) is 0 Å². The number of hydrogen-bond donors (Lipinski definition) is 1. The zero-order valence-electron chi connectivity index (χ0n) is 23.8. The van der Waals surface area contributed by atoms with E-state index >= 15 is 4.39 Å². The van der Waals surface area contributed by atoms with E-state index in [-0.39, 0.29) is 22.2 Å². The van der Waals surface area contributed by atoms with Crippen LogP contribution in [0.25, 0.3) is 17.0 Å². The minimum atomic E-state index is -1.12. The minimum absolute atomic E-state index is 0.0724. The number of alkyl halides is 1. The first-order chi connectivity index (χ1) is 21.2. The van der Waals surface area contributed by atoms with Gasteiger partial charge in [0, 0.05) is 22.5 Å². The first kappa shape index (κ1) is 28.9. The van der Waals surface area contributed by atoms with Crippen molar-refractivity contribution in [3.8, 4) is 5.75 Å². The van der Waals surface area contributed by atoms with Crippen LogP contribution in [0.5, 0.6) is 5.75 Å². The Bertz CT molecular complexity index is 1800. The molecule has 1 N–H and O–H groups in total. The smallest absolute Gasteiger partial charge is 0.354 e. The number of carbonyl (C=O) groups is 1. The lowest BCUT2D eigenvalue weighted by Crippen LogP contribution is -2.34. The standard InChI is InChI=1S/C33H30ClF3N4O3/c34-20-4-5-22(24(36)14-20)28-15-25(37)23-3-1-2-21(30(23)44-28)19-8-12-40(13-9-19)16-29-38-26-6-7-27(32(42)43)39-31(26)41(29)18-33(17-35)10-11-33/h1-7,14-15,19,28H,8-13,16-18H2,(H,42,43)/t28-/m1/s1. The van der Waals surface area contributed by atoms with Crippen molar-refractivity contribution in [2.75, 3.05) is 19.8 Å². The number of halogens is 4. The Morgan fingerprint density at radius 2 is 1.86 bits per heavy atom. The van der Waals surface area contributed by atoms with Crippen LogP contribution in [-0.2, 0) is 13.1 Å². The number of likely N-dealkylation sites (tertiary alicyclic amines) is 1. The Morgan fingerprint density at radius 3 is 2.57 bits per heavy atom. The molecule has 0 spiro atoms. The van der Waals surface area contributed by atoms with Crippen LogP contribution in [0.15, 0.2) is 54.6 Å². The van der Waals surface area contributed by atoms with Gasteiger partial charge < -0.3 is 14.4 Å². The Labute approximate surface area is 256 Å². The average molecular weight is 623 g/mol. The van der Waals surface area contributed by atoms with Gasteiger partial charge in [-0.3, -0.25) is 9.29 Å². The molecule has 7 rings (SSSR count). The molecule has 1 aliphatic carbocycles. The maximum atomic E-state index is 15.3. The van der Waals surface area contributed by atoms with Gasteiger partial charge >= 0.3 is 5.97 Å². The second-order valence-corrected chi connectivity index (χ2v) is 12.5. The Morgan fingerprint density at radius 1 is 1.07 bits per heavy atom. The van der Waals surface area contributed by atoms with Crippen molar-refractivity contribution in [1.82, 2.24) is 19.4 Å². The SMILES string of the molecule is O=C(O)c1ccc2nc(CN3CCC(c4cccc5c4O[C@@H](c4ccc(Cl)cc4F)C=C5F)CC3)n(CC3(CF)CC3)c2n1. The molecule has 228 valence electrons. The number of fused-ring (bicyclic) bond motifs is 2. The zero-order chi connectivity index (χ0) is 30.6. The Hall–Kier alpha value is -3.89. The lowest BCUT2D eigenvalue weighted by molar-refractivity contribution is 0.0690. The fourth-order valence-corrected chi connectivity index (χ4v) is 6.53. The summed E-state index contributed by atoms with van der Waals surface area (Å²) in [7, 11) is 0. The second-order valence-electron chi connectivity index (χ2n) is 12.1. The van der Waals surface area contributed by atoms with E-state index in [1.807, 2.05) is 16.7 Å². The molecule has 2 fully saturated rings. The zero-order valence-corrected chi connectivity index (χ0v) is 24.5. The molecule has 1 saturated carbocycles. The van der Waals surface area contributed by atoms with E-state index in [1.54, 1.807) is 18.2 Å². The first-order valence-corrected chi connectivity index (χ1v) is 15.1. The molecular formula is C33H30ClF3N4O3. The van der Waals surface area contributed by atoms with Gasteiger partial charge in [0.15, 0.2) is 11.3 Å². The minimum Gasteiger partial charge on any atom is -0.480 e. The molecule has 0 bridgehead atoms. The largest absolute Gasteiger partial charge is 0.480 e. The van der Waals surface area contributed by atoms with Crippen LogP contribution >= 0.6 is 11.6 Å². The molecule has 3 aliphatic rings. The van der Waals surface area contributed by atoms with Gasteiger partial charge in [0.1, 0.15) is 34.8 Å². The van der Waals surface area contributed by atoms with Gasteiger partial charge in [0.25, 0.3) is 0 Å². The summed E-state index contributed by atoms with van der Waals surface area (Å²) in [5, 5.41) is 9.74. The van der Waals surface area contributed by atoms with Gasteiger partial charge in [0.2, 0.25) is 0 Å². The molecular weight excluding hydrogens is 593 g/mol. The van der Waals surface area contributed by atoms with E-state index in [2.05, 4.69) is 9.88 Å². The number of para-hydroxylation sites is 1. The van der Waals surface area contributed by atoms with E-state index < -0.39 is 35.8 Å². The predicted molar refractivity (Wildman–Crippen MR) is 160 cm³/mol. The number of piperidine rings is 1. The highest BCUT2D eigenvalue weighted by Gasteiger charge is 2.44. The highest BCUT2D eigenvalue weighted by molar-refractivity contribution is 6.30. The third kappa shape index (κ3) is 5.34. The molecule has 2 aromatic heterocycles. The maximum Gasteiger partial charge on any atom is 0.354 e. The highest BCUT2D eigenvalue weighted by atomic mass is 35.5. The van der Waals surface area contributed by atoms with Crippen LogP contribution in [0.4, 0.5) is 13.2 Å². The number of benzene rings is 2. The molecule has 11 heteroatoms. The van der Waals surface area contributed by atoms with E-state index in [0.29, 0.717) is 35.6 Å². The summed E-state index contributed by atoms with van der Waals surface area (Å²) in [6.07, 6.45) is 3.48. The lowest BCUT2D eigenvalue weighted by Gasteiger charge is -2.34. The van der Waals surface area contributed by atoms with Gasteiger partial charge in [-0.25, -0.2) is 23.5 Å². The summed E-state index contributed by atoms with van der Waals surface area (Å²) in [6.45, 7) is 1.93. The van der Waals surface area contributed by atoms with Crippen molar-refractivity contribution >= 4 is 34.6 Å². The maximum absolute atomic E-state index is 15.3. The molecule has 2 aromatic carbocycles. The summed E-state index contributed by atoms with van der Waals surface area (Å²) in [4.78, 5) is 23.0. The third-order valence-corrected chi connectivity index (χ3v) is 9.37. The summed E-state index contributed by atoms with van der Waals surface area (Å²) < 4.78 is 52.0. The number of imidazole rings is 1. The molecule has 4 heterocycles. The molecule has 0 radical (unpaired) electrons. The number of rotatable bonds is 8. The fraction of sp³-hybridized carbons (Fsp3) is 0.364. The number of carboxylic acid groups (broad SMARTS) is 1. The quantitative estimate of drug-likeness (QED) is 0.219. The molecule has 0 unspecified atom stereocenters. The topological polar surface area (TPSA) is 80.5 Å². The van der Waals surface area contributed by atoms with E-state index in [9.17, 15) is 18.7 Å². The van der Waals surface area contributed by atoms with Gasteiger partial charge in [-0.1, -0.05) is 29.8 Å². The average Bonchev–Trinajstić information content (AvgIpc) is 3.72. The van der Waals surface area contributed by atoms with E-state index in [4.69, 9.17) is 21.3 Å². The molecule has 44 heavy (non-hydrogen) atoms. The number of aromatic nitrogens is 3. The van der Waals surface area contributed by atoms with Crippen LogP contribution in [0.2, 0.25) is 5.02 Å². The molecule has 7 nitrogen and oxygen atoms in total. The van der Waals surface area contributed by atoms with E-state index in [0.717, 1.165) is 50.2 Å². The van der Waals surface area contributed by atoms with Crippen molar-refractivity contribution in [2.45, 2.75) is 50.8 Å². The van der Waals surface area contributed by atoms with Crippen LogP contribution in [0.1, 0.15) is 70.7 Å². The molecule has 4 aromatic rings. The van der Waals surface area contributed by atoms with Crippen molar-refractivity contribution in [3.05, 3.63) is 93.7 Å². The number of ether oxygens (including phenoxy) is 1. The van der Waals surface area contributed by atoms with Crippen molar-refractivity contribution < 1.29 is 27.8 Å². The summed E-state index contributed by atoms with van der Waals surface area (Å²) >= 11 is 5.92.